The lowest BCUT2D eigenvalue weighted by molar-refractivity contribution is -0.124. The molecule has 0 saturated carbocycles. The molecular formula is C32H49FN4O5. The van der Waals surface area contributed by atoms with Gasteiger partial charge in [-0.05, 0) is 50.8 Å². The highest BCUT2D eigenvalue weighted by Gasteiger charge is 2.22. The van der Waals surface area contributed by atoms with Gasteiger partial charge in [0.15, 0.2) is 0 Å². The van der Waals surface area contributed by atoms with E-state index in [2.05, 4.69) is 41.6 Å². The zero-order valence-corrected chi connectivity index (χ0v) is 25.6. The van der Waals surface area contributed by atoms with Crippen molar-refractivity contribution in [2.45, 2.75) is 65.5 Å². The first-order valence-corrected chi connectivity index (χ1v) is 14.2. The Bertz CT molecular complexity index is 1010. The Balaban J connectivity index is 0.00000127. The van der Waals surface area contributed by atoms with Gasteiger partial charge in [-0.15, -0.1) is 0 Å². The molecule has 0 heterocycles. The SMILES string of the molecule is CCC(C)C(NCCOC1=C(/C=C/CNC(=O)CCC(C)O)C=CCC=C1)C(=O)NC.Cc1ccc(F)cc1.NC=O. The maximum absolute atomic E-state index is 12.1. The topological polar surface area (TPSA) is 143 Å². The first-order chi connectivity index (χ1) is 20.1. The van der Waals surface area contributed by atoms with E-state index in [4.69, 9.17) is 9.53 Å². The molecule has 1 aliphatic rings. The summed E-state index contributed by atoms with van der Waals surface area (Å²) in [5, 5.41) is 18.1. The van der Waals surface area contributed by atoms with E-state index in [0.29, 0.717) is 32.5 Å². The number of benzene rings is 1. The molecule has 9 nitrogen and oxygen atoms in total. The Labute approximate surface area is 250 Å². The van der Waals surface area contributed by atoms with Crippen LogP contribution in [-0.4, -0.2) is 62.2 Å². The molecule has 234 valence electrons. The van der Waals surface area contributed by atoms with Crippen molar-refractivity contribution in [1.82, 2.24) is 16.0 Å². The number of aliphatic hydroxyl groups is 1. The smallest absolute Gasteiger partial charge is 0.237 e. The van der Waals surface area contributed by atoms with Gasteiger partial charge in [-0.1, -0.05) is 68.3 Å². The Morgan fingerprint density at radius 1 is 1.17 bits per heavy atom. The van der Waals surface area contributed by atoms with E-state index in [1.807, 2.05) is 37.3 Å². The maximum Gasteiger partial charge on any atom is 0.237 e. The highest BCUT2D eigenvalue weighted by molar-refractivity contribution is 5.81. The molecule has 1 aromatic carbocycles. The Hall–Kier alpha value is -3.76. The first-order valence-electron chi connectivity index (χ1n) is 14.2. The first kappa shape index (κ1) is 38.2. The Morgan fingerprint density at radius 3 is 2.38 bits per heavy atom. The van der Waals surface area contributed by atoms with Crippen LogP contribution in [0.4, 0.5) is 4.39 Å². The number of hydrogen-bond donors (Lipinski definition) is 5. The number of amides is 3. The summed E-state index contributed by atoms with van der Waals surface area (Å²) in [4.78, 5) is 32.4. The fourth-order valence-electron chi connectivity index (χ4n) is 3.54. The van der Waals surface area contributed by atoms with Crippen LogP contribution < -0.4 is 21.7 Å². The number of hydrogen-bond acceptors (Lipinski definition) is 6. The standard InChI is InChI=1S/C24H39N3O4.C7H7F.CH3NO/c1-5-18(2)23(24(30)25-4)27-16-17-31-21-12-8-6-7-10-20(21)11-9-15-26-22(29)14-13-19(3)28;1-6-2-4-7(8)5-3-6;2-1-3/h7-12,18-19,23,27-28H,5-6,13-17H2,1-4H3,(H,25,30)(H,26,29);2-5H,1H3;1H,(H2,2,3)/b11-9+;;. The number of likely N-dealkylation sites (N-methyl/N-ethyl adjacent to an activating group) is 1. The largest absolute Gasteiger partial charge is 0.492 e. The molecule has 6 N–H and O–H groups in total. The van der Waals surface area contributed by atoms with Crippen LogP contribution in [0, 0.1) is 18.7 Å². The van der Waals surface area contributed by atoms with Crippen LogP contribution in [0.25, 0.3) is 0 Å². The van der Waals surface area contributed by atoms with Gasteiger partial charge in [0.1, 0.15) is 18.2 Å². The van der Waals surface area contributed by atoms with Crippen molar-refractivity contribution in [3.05, 3.63) is 83.4 Å². The molecule has 42 heavy (non-hydrogen) atoms. The van der Waals surface area contributed by atoms with Crippen LogP contribution in [0.15, 0.2) is 72.1 Å². The van der Waals surface area contributed by atoms with Crippen LogP contribution >= 0.6 is 0 Å². The zero-order chi connectivity index (χ0) is 31.8. The minimum atomic E-state index is -0.472. The van der Waals surface area contributed by atoms with Crippen LogP contribution in [0.5, 0.6) is 0 Å². The van der Waals surface area contributed by atoms with Gasteiger partial charge in [-0.2, -0.15) is 0 Å². The van der Waals surface area contributed by atoms with Crippen LogP contribution in [0.1, 0.15) is 52.0 Å². The number of ether oxygens (including phenoxy) is 1. The van der Waals surface area contributed by atoms with Crippen molar-refractivity contribution >= 4 is 18.2 Å². The van der Waals surface area contributed by atoms with E-state index in [-0.39, 0.29) is 36.0 Å². The summed E-state index contributed by atoms with van der Waals surface area (Å²) >= 11 is 0. The number of primary amides is 1. The summed E-state index contributed by atoms with van der Waals surface area (Å²) in [6.45, 7) is 9.13. The third kappa shape index (κ3) is 18.6. The molecule has 0 saturated heterocycles. The molecule has 1 aliphatic carbocycles. The van der Waals surface area contributed by atoms with Gasteiger partial charge >= 0.3 is 0 Å². The average molecular weight is 589 g/mol. The number of nitrogens with two attached hydrogens (primary N) is 1. The predicted octanol–water partition coefficient (Wildman–Crippen LogP) is 3.59. The molecule has 0 aromatic heterocycles. The molecule has 0 spiro atoms. The molecule has 3 atom stereocenters. The molecule has 1 aromatic rings. The Morgan fingerprint density at radius 2 is 1.81 bits per heavy atom. The van der Waals surface area contributed by atoms with Crippen LogP contribution in [0.2, 0.25) is 0 Å². The lowest BCUT2D eigenvalue weighted by Gasteiger charge is -2.23. The molecular weight excluding hydrogens is 539 g/mol. The number of aryl methyl sites for hydroxylation is 1. The quantitative estimate of drug-likeness (QED) is 0.166. The summed E-state index contributed by atoms with van der Waals surface area (Å²) in [5.74, 6) is 0.729. The monoisotopic (exact) mass is 588 g/mol. The van der Waals surface area contributed by atoms with Crippen molar-refractivity contribution in [2.75, 3.05) is 26.7 Å². The number of carbonyl (C=O) groups is 3. The normalized spacial score (nSPS) is 14.4. The third-order valence-electron chi connectivity index (χ3n) is 6.10. The molecule has 10 heteroatoms. The molecule has 0 radical (unpaired) electrons. The number of nitrogens with one attached hydrogen (secondary N) is 3. The summed E-state index contributed by atoms with van der Waals surface area (Å²) in [6, 6.07) is 6.16. The van der Waals surface area contributed by atoms with E-state index in [0.717, 1.165) is 29.7 Å². The minimum absolute atomic E-state index is 0.00928. The van der Waals surface area contributed by atoms with Crippen molar-refractivity contribution in [3.8, 4) is 0 Å². The van der Waals surface area contributed by atoms with Crippen molar-refractivity contribution in [2.24, 2.45) is 11.7 Å². The van der Waals surface area contributed by atoms with E-state index >= 15 is 0 Å². The van der Waals surface area contributed by atoms with Gasteiger partial charge < -0.3 is 31.5 Å². The van der Waals surface area contributed by atoms with Crippen molar-refractivity contribution in [3.63, 3.8) is 0 Å². The van der Waals surface area contributed by atoms with Gasteiger partial charge in [-0.25, -0.2) is 4.39 Å². The maximum atomic E-state index is 12.1. The second-order valence-electron chi connectivity index (χ2n) is 9.67. The molecule has 3 unspecified atom stereocenters. The summed E-state index contributed by atoms with van der Waals surface area (Å²) < 4.78 is 18.1. The number of carbonyl (C=O) groups excluding carboxylic acids is 3. The van der Waals surface area contributed by atoms with E-state index < -0.39 is 6.10 Å². The molecule has 3 amide bonds. The van der Waals surface area contributed by atoms with Crippen LogP contribution in [-0.2, 0) is 19.1 Å². The number of aliphatic hydroxyl groups excluding tert-OH is 1. The lowest BCUT2D eigenvalue weighted by Crippen LogP contribution is -2.47. The fraction of sp³-hybridized carbons (Fsp3) is 0.469. The fourth-order valence-corrected chi connectivity index (χ4v) is 3.54. The average Bonchev–Trinajstić information content (AvgIpc) is 3.20. The van der Waals surface area contributed by atoms with Gasteiger partial charge in [0, 0.05) is 32.1 Å². The molecule has 2 rings (SSSR count). The van der Waals surface area contributed by atoms with Crippen LogP contribution in [0.3, 0.4) is 0 Å². The highest BCUT2D eigenvalue weighted by atomic mass is 19.1. The summed E-state index contributed by atoms with van der Waals surface area (Å²) in [6.07, 6.45) is 14.1. The van der Waals surface area contributed by atoms with E-state index in [1.54, 1.807) is 26.1 Å². The molecule has 0 fully saturated rings. The number of allylic oxidation sites excluding steroid dienone is 6. The predicted molar refractivity (Wildman–Crippen MR) is 166 cm³/mol. The van der Waals surface area contributed by atoms with Gasteiger partial charge in [0.05, 0.1) is 12.1 Å². The highest BCUT2D eigenvalue weighted by Crippen LogP contribution is 2.16. The van der Waals surface area contributed by atoms with Gasteiger partial charge in [0.25, 0.3) is 0 Å². The van der Waals surface area contributed by atoms with E-state index in [1.165, 1.54) is 12.1 Å². The lowest BCUT2D eigenvalue weighted by atomic mass is 9.98. The van der Waals surface area contributed by atoms with Crippen molar-refractivity contribution < 1.29 is 28.6 Å². The number of halogens is 1. The third-order valence-corrected chi connectivity index (χ3v) is 6.10. The van der Waals surface area contributed by atoms with Gasteiger partial charge in [0.2, 0.25) is 18.2 Å². The molecule has 0 bridgehead atoms. The minimum Gasteiger partial charge on any atom is -0.492 e. The second kappa shape index (κ2) is 23.9. The summed E-state index contributed by atoms with van der Waals surface area (Å²) in [5.41, 5.74) is 6.18. The zero-order valence-electron chi connectivity index (χ0n) is 25.6. The Kier molecular flexibility index (Phi) is 21.8. The van der Waals surface area contributed by atoms with Gasteiger partial charge in [-0.3, -0.25) is 14.4 Å². The number of rotatable bonds is 14. The second-order valence-corrected chi connectivity index (χ2v) is 9.67. The van der Waals surface area contributed by atoms with E-state index in [9.17, 15) is 19.1 Å². The molecule has 0 aliphatic heterocycles. The van der Waals surface area contributed by atoms with Crippen molar-refractivity contribution in [1.29, 1.82) is 0 Å². The summed E-state index contributed by atoms with van der Waals surface area (Å²) in [7, 11) is 1.65.